The summed E-state index contributed by atoms with van der Waals surface area (Å²) in [7, 11) is -3.90. The summed E-state index contributed by atoms with van der Waals surface area (Å²) in [6.45, 7) is 6.70. The van der Waals surface area contributed by atoms with Crippen molar-refractivity contribution in [3.8, 4) is 0 Å². The molecule has 0 aliphatic rings. The van der Waals surface area contributed by atoms with Gasteiger partial charge in [-0.2, -0.15) is 0 Å². The predicted molar refractivity (Wildman–Crippen MR) is 45.9 cm³/mol. The molecule has 0 spiro atoms. The van der Waals surface area contributed by atoms with Crippen LogP contribution >= 0.6 is 7.72 Å². The Balaban J connectivity index is -0.000000605. The zero-order chi connectivity index (χ0) is 9.83. The molecule has 0 aromatic carbocycles. The van der Waals surface area contributed by atoms with E-state index in [9.17, 15) is 9.79 Å². The van der Waals surface area contributed by atoms with E-state index < -0.39 is 13.2 Å². The van der Waals surface area contributed by atoms with E-state index in [1.807, 2.05) is 0 Å². The molecular weight excluding hydrogens is 225 g/mol. The van der Waals surface area contributed by atoms with Crippen molar-refractivity contribution >= 4 is 7.72 Å². The SMILES string of the molecule is CCOC(C)(OCC)[PH](C)([O-])[O-].[Na+].[Na+]. The topological polar surface area (TPSA) is 64.6 Å². The second-order valence-electron chi connectivity index (χ2n) is 2.76. The molecule has 0 amide bonds. The van der Waals surface area contributed by atoms with E-state index in [0.717, 1.165) is 6.66 Å². The van der Waals surface area contributed by atoms with Gasteiger partial charge in [-0.3, -0.25) is 0 Å². The minimum atomic E-state index is -3.90. The first-order chi connectivity index (χ1) is 5.37. The first kappa shape index (κ1) is 21.5. The van der Waals surface area contributed by atoms with Crippen LogP contribution in [0.4, 0.5) is 0 Å². The van der Waals surface area contributed by atoms with Crippen molar-refractivity contribution in [3.63, 3.8) is 0 Å². The molecule has 0 heterocycles. The van der Waals surface area contributed by atoms with Gasteiger partial charge in [0.1, 0.15) is 0 Å². The van der Waals surface area contributed by atoms with Gasteiger partial charge < -0.3 is 0 Å². The van der Waals surface area contributed by atoms with Crippen molar-refractivity contribution < 1.29 is 78.4 Å². The number of rotatable bonds is 5. The summed E-state index contributed by atoms with van der Waals surface area (Å²) in [5.74, 6) is 0. The van der Waals surface area contributed by atoms with E-state index in [1.165, 1.54) is 6.92 Å². The fourth-order valence-corrected chi connectivity index (χ4v) is 1.67. The fraction of sp³-hybridized carbons (Fsp3) is 1.00. The maximum atomic E-state index is 11.2. The van der Waals surface area contributed by atoms with E-state index in [4.69, 9.17) is 9.47 Å². The normalized spacial score (nSPS) is 12.7. The number of hydrogen-bond donors (Lipinski definition) is 0. The van der Waals surface area contributed by atoms with Crippen LogP contribution in [-0.2, 0) is 9.47 Å². The van der Waals surface area contributed by atoms with Gasteiger partial charge in [0.2, 0.25) is 0 Å². The molecule has 0 atom stereocenters. The van der Waals surface area contributed by atoms with Gasteiger partial charge in [0.15, 0.2) is 0 Å². The van der Waals surface area contributed by atoms with Crippen molar-refractivity contribution in [2.75, 3.05) is 19.9 Å². The van der Waals surface area contributed by atoms with E-state index in [-0.39, 0.29) is 59.1 Å². The van der Waals surface area contributed by atoms with Gasteiger partial charge in [-0.1, -0.05) is 0 Å². The van der Waals surface area contributed by atoms with Crippen LogP contribution in [0.25, 0.3) is 0 Å². The van der Waals surface area contributed by atoms with Crippen LogP contribution in [0.2, 0.25) is 0 Å². The molecule has 0 aliphatic heterocycles. The van der Waals surface area contributed by atoms with Gasteiger partial charge >= 0.3 is 132 Å². The van der Waals surface area contributed by atoms with Crippen LogP contribution in [0.3, 0.4) is 0 Å². The number of hydrogen-bond acceptors (Lipinski definition) is 4. The van der Waals surface area contributed by atoms with Crippen LogP contribution in [-0.4, -0.2) is 25.4 Å². The molecule has 0 fully saturated rings. The van der Waals surface area contributed by atoms with E-state index in [1.54, 1.807) is 13.8 Å². The Morgan fingerprint density at radius 2 is 1.36 bits per heavy atom. The van der Waals surface area contributed by atoms with Gasteiger partial charge in [0.05, 0.1) is 0 Å². The van der Waals surface area contributed by atoms with Crippen molar-refractivity contribution in [1.82, 2.24) is 0 Å². The van der Waals surface area contributed by atoms with Gasteiger partial charge in [-0.05, 0) is 0 Å². The van der Waals surface area contributed by atoms with Crippen molar-refractivity contribution in [1.29, 1.82) is 0 Å². The predicted octanol–water partition coefficient (Wildman–Crippen LogP) is -6.33. The average Bonchev–Trinajstić information content (AvgIpc) is 1.86. The summed E-state index contributed by atoms with van der Waals surface area (Å²) >= 11 is 0. The van der Waals surface area contributed by atoms with E-state index >= 15 is 0 Å². The Morgan fingerprint density at radius 3 is 1.50 bits per heavy atom. The summed E-state index contributed by atoms with van der Waals surface area (Å²) in [4.78, 5) is 22.5. The van der Waals surface area contributed by atoms with Gasteiger partial charge in [-0.25, -0.2) is 0 Å². The Labute approximate surface area is 131 Å². The number of ether oxygens (including phenoxy) is 2. The maximum absolute atomic E-state index is 11.2. The molecule has 0 rings (SSSR count). The van der Waals surface area contributed by atoms with Gasteiger partial charge in [0.25, 0.3) is 0 Å². The molecule has 0 radical (unpaired) electrons. The van der Waals surface area contributed by atoms with Crippen LogP contribution < -0.4 is 68.9 Å². The van der Waals surface area contributed by atoms with E-state index in [0.29, 0.717) is 13.2 Å². The Hall–Kier alpha value is 2.27. The van der Waals surface area contributed by atoms with Crippen LogP contribution in [0.1, 0.15) is 20.8 Å². The average molecular weight is 242 g/mol. The minimum Gasteiger partial charge on any atom is 1.00 e. The standard InChI is InChI=1S/C7H17O4P.2Na/c1-5-10-7(3,11-6-2)12(4,8)9;;/h12H,5-6H2,1-4H3;;/q-2;2*+1. The molecule has 4 nitrogen and oxygen atoms in total. The first-order valence-corrected chi connectivity index (χ1v) is 6.37. The van der Waals surface area contributed by atoms with Gasteiger partial charge in [-0.15, -0.1) is 0 Å². The molecule has 14 heavy (non-hydrogen) atoms. The fourth-order valence-electron chi connectivity index (χ4n) is 0.855. The van der Waals surface area contributed by atoms with Crippen LogP contribution in [0.15, 0.2) is 0 Å². The molecule has 0 bridgehead atoms. The van der Waals surface area contributed by atoms with Gasteiger partial charge in [0, 0.05) is 0 Å². The third-order valence-electron chi connectivity index (χ3n) is 1.66. The third-order valence-corrected chi connectivity index (χ3v) is 3.60. The monoisotopic (exact) mass is 242 g/mol. The summed E-state index contributed by atoms with van der Waals surface area (Å²) < 4.78 is 10.1. The third kappa shape index (κ3) is 6.77. The minimum absolute atomic E-state index is 0. The molecule has 0 aliphatic carbocycles. The summed E-state index contributed by atoms with van der Waals surface area (Å²) in [5, 5.41) is 0. The van der Waals surface area contributed by atoms with Crippen molar-refractivity contribution in [3.05, 3.63) is 0 Å². The summed E-state index contributed by atoms with van der Waals surface area (Å²) in [6.07, 6.45) is 0. The Bertz CT molecular complexity index is 134. The molecular formula is C7H17Na2O4P. The molecule has 0 N–H and O–H groups in total. The molecule has 0 saturated heterocycles. The van der Waals surface area contributed by atoms with Crippen molar-refractivity contribution in [2.24, 2.45) is 0 Å². The first-order valence-electron chi connectivity index (χ1n) is 4.06. The summed E-state index contributed by atoms with van der Waals surface area (Å²) in [5.41, 5.74) is -1.43. The van der Waals surface area contributed by atoms with E-state index in [2.05, 4.69) is 0 Å². The Morgan fingerprint density at radius 1 is 1.07 bits per heavy atom. The van der Waals surface area contributed by atoms with Crippen LogP contribution in [0, 0.1) is 0 Å². The second kappa shape index (κ2) is 9.32. The molecule has 0 aromatic heterocycles. The maximum Gasteiger partial charge on any atom is 1.00 e. The molecule has 0 unspecified atom stereocenters. The zero-order valence-electron chi connectivity index (χ0n) is 10.0. The Kier molecular flexibility index (Phi) is 14.3. The zero-order valence-corrected chi connectivity index (χ0v) is 15.0. The largest absolute Gasteiger partial charge is 1.00 e. The molecule has 0 saturated carbocycles. The smallest absolute Gasteiger partial charge is 1.00 e. The molecule has 7 heteroatoms. The van der Waals surface area contributed by atoms with Crippen molar-refractivity contribution in [2.45, 2.75) is 26.3 Å². The second-order valence-corrected chi connectivity index (χ2v) is 5.56. The summed E-state index contributed by atoms with van der Waals surface area (Å²) in [6, 6.07) is 0. The molecule has 76 valence electrons. The molecule has 0 aromatic rings. The quantitative estimate of drug-likeness (QED) is 0.273. The van der Waals surface area contributed by atoms with Crippen LogP contribution in [0.5, 0.6) is 0 Å².